The Bertz CT molecular complexity index is 93.2. The molecule has 3 heteroatoms. The smallest absolute Gasteiger partial charge is 0.0569 e. The Labute approximate surface area is 61.0 Å². The molecule has 2 nitrogen and oxygen atoms in total. The molecule has 0 aromatic rings. The van der Waals surface area contributed by atoms with Crippen molar-refractivity contribution in [2.75, 3.05) is 0 Å². The quantitative estimate of drug-likeness (QED) is 0.519. The van der Waals surface area contributed by atoms with Crippen molar-refractivity contribution in [1.29, 1.82) is 0 Å². The molecule has 1 aliphatic carbocycles. The van der Waals surface area contributed by atoms with Crippen LogP contribution in [-0.4, -0.2) is 23.3 Å². The summed E-state index contributed by atoms with van der Waals surface area (Å²) < 4.78 is 0. The molecule has 0 aromatic carbocycles. The summed E-state index contributed by atoms with van der Waals surface area (Å²) in [5.74, 6) is 0. The lowest BCUT2D eigenvalue weighted by atomic mass is 9.81. The van der Waals surface area contributed by atoms with E-state index in [1.807, 2.05) is 0 Å². The van der Waals surface area contributed by atoms with Gasteiger partial charge >= 0.3 is 0 Å². The molecule has 9 heavy (non-hydrogen) atoms. The van der Waals surface area contributed by atoms with Crippen LogP contribution in [0.4, 0.5) is 0 Å². The van der Waals surface area contributed by atoms with E-state index in [1.165, 1.54) is 6.42 Å². The van der Waals surface area contributed by atoms with Crippen molar-refractivity contribution in [3.05, 3.63) is 0 Å². The van der Waals surface area contributed by atoms with Crippen LogP contribution in [0.15, 0.2) is 0 Å². The topological polar surface area (TPSA) is 32.3 Å². The summed E-state index contributed by atoms with van der Waals surface area (Å²) in [6.45, 7) is 0. The van der Waals surface area contributed by atoms with Crippen molar-refractivity contribution >= 4 is 12.4 Å². The average molecular weight is 150 g/mol. The molecule has 3 fully saturated rings. The van der Waals surface area contributed by atoms with Gasteiger partial charge in [0.05, 0.1) is 6.10 Å². The van der Waals surface area contributed by atoms with Gasteiger partial charge in [-0.2, -0.15) is 0 Å². The summed E-state index contributed by atoms with van der Waals surface area (Å²) in [5.41, 5.74) is 0. The van der Waals surface area contributed by atoms with Crippen LogP contribution in [0, 0.1) is 0 Å². The zero-order valence-electron chi connectivity index (χ0n) is 5.21. The first-order valence-electron chi connectivity index (χ1n) is 3.29. The molecule has 54 valence electrons. The second-order valence-electron chi connectivity index (χ2n) is 2.92. The van der Waals surface area contributed by atoms with E-state index in [9.17, 15) is 0 Å². The third-order valence-electron chi connectivity index (χ3n) is 2.15. The molecule has 2 aliphatic heterocycles. The van der Waals surface area contributed by atoms with Gasteiger partial charge in [0, 0.05) is 12.1 Å². The summed E-state index contributed by atoms with van der Waals surface area (Å²) in [7, 11) is 0. The number of piperidine rings is 1. The van der Waals surface area contributed by atoms with Crippen LogP contribution in [0.1, 0.15) is 19.3 Å². The fourth-order valence-electron chi connectivity index (χ4n) is 1.73. The lowest BCUT2D eigenvalue weighted by Gasteiger charge is -2.44. The van der Waals surface area contributed by atoms with E-state index < -0.39 is 0 Å². The van der Waals surface area contributed by atoms with E-state index >= 15 is 0 Å². The Hall–Kier alpha value is 0.210. The van der Waals surface area contributed by atoms with Crippen LogP contribution in [-0.2, 0) is 0 Å². The normalized spacial score (nSPS) is 47.0. The maximum atomic E-state index is 9.07. The van der Waals surface area contributed by atoms with Crippen LogP contribution >= 0.6 is 12.4 Å². The minimum Gasteiger partial charge on any atom is -0.393 e. The number of nitrogens with one attached hydrogen (secondary N) is 1. The van der Waals surface area contributed by atoms with Crippen molar-refractivity contribution in [1.82, 2.24) is 5.32 Å². The van der Waals surface area contributed by atoms with E-state index in [0.29, 0.717) is 12.1 Å². The van der Waals surface area contributed by atoms with Gasteiger partial charge in [0.1, 0.15) is 0 Å². The summed E-state index contributed by atoms with van der Waals surface area (Å²) >= 11 is 0. The van der Waals surface area contributed by atoms with E-state index in [4.69, 9.17) is 5.11 Å². The van der Waals surface area contributed by atoms with Crippen LogP contribution in [0.5, 0.6) is 0 Å². The van der Waals surface area contributed by atoms with E-state index in [2.05, 4.69) is 5.32 Å². The van der Waals surface area contributed by atoms with Crippen molar-refractivity contribution < 1.29 is 5.11 Å². The fourth-order valence-corrected chi connectivity index (χ4v) is 1.73. The van der Waals surface area contributed by atoms with E-state index in [1.54, 1.807) is 0 Å². The van der Waals surface area contributed by atoms with Crippen molar-refractivity contribution in [2.45, 2.75) is 37.5 Å². The Morgan fingerprint density at radius 1 is 1.11 bits per heavy atom. The van der Waals surface area contributed by atoms with Gasteiger partial charge in [0.2, 0.25) is 0 Å². The highest BCUT2D eigenvalue weighted by Gasteiger charge is 2.36. The molecule has 3 atom stereocenters. The summed E-state index contributed by atoms with van der Waals surface area (Å²) in [6, 6.07) is 1.31. The van der Waals surface area contributed by atoms with Crippen molar-refractivity contribution in [2.24, 2.45) is 0 Å². The summed E-state index contributed by atoms with van der Waals surface area (Å²) in [4.78, 5) is 0. The molecule has 0 radical (unpaired) electrons. The highest BCUT2D eigenvalue weighted by molar-refractivity contribution is 5.85. The Kier molecular flexibility index (Phi) is 1.99. The number of hydrogen-bond donors (Lipinski definition) is 2. The molecular formula is C6H12ClNO. The van der Waals surface area contributed by atoms with Crippen LogP contribution in [0.2, 0.25) is 0 Å². The lowest BCUT2D eigenvalue weighted by Crippen LogP contribution is -2.59. The van der Waals surface area contributed by atoms with Gasteiger partial charge in [-0.15, -0.1) is 12.4 Å². The first kappa shape index (κ1) is 7.32. The highest BCUT2D eigenvalue weighted by atomic mass is 35.5. The SMILES string of the molecule is Cl.OC1CC2C[C@H](C1)N2. The standard InChI is InChI=1S/C6H11NO.ClH/c8-6-2-4-1-5(3-6)7-4;/h4-8H,1-3H2;1H/t4-,5?,6?;/m1./s1. The van der Waals surface area contributed by atoms with Crippen LogP contribution < -0.4 is 5.32 Å². The lowest BCUT2D eigenvalue weighted by molar-refractivity contribution is 0.0392. The molecule has 2 N–H and O–H groups in total. The predicted octanol–water partition coefficient (Wildman–Crippen LogP) is 0.293. The van der Waals surface area contributed by atoms with E-state index in [0.717, 1.165) is 12.8 Å². The Morgan fingerprint density at radius 2 is 1.56 bits per heavy atom. The number of fused-ring (bicyclic) bond motifs is 2. The monoisotopic (exact) mass is 149 g/mol. The zero-order chi connectivity index (χ0) is 5.56. The Morgan fingerprint density at radius 3 is 1.78 bits per heavy atom. The third-order valence-corrected chi connectivity index (χ3v) is 2.15. The van der Waals surface area contributed by atoms with Gasteiger partial charge in [0.25, 0.3) is 0 Å². The van der Waals surface area contributed by atoms with Gasteiger partial charge in [-0.1, -0.05) is 0 Å². The largest absolute Gasteiger partial charge is 0.393 e. The van der Waals surface area contributed by atoms with Crippen LogP contribution in [0.3, 0.4) is 0 Å². The number of aliphatic hydroxyl groups is 1. The fraction of sp³-hybridized carbons (Fsp3) is 1.00. The molecule has 2 unspecified atom stereocenters. The maximum Gasteiger partial charge on any atom is 0.0569 e. The van der Waals surface area contributed by atoms with Gasteiger partial charge in [-0.3, -0.25) is 0 Å². The average Bonchev–Trinajstić information content (AvgIpc) is 1.62. The van der Waals surface area contributed by atoms with Crippen molar-refractivity contribution in [3.63, 3.8) is 0 Å². The second kappa shape index (κ2) is 2.45. The molecule has 2 saturated heterocycles. The Balaban J connectivity index is 0.000000405. The summed E-state index contributed by atoms with van der Waals surface area (Å²) in [5, 5.41) is 12.4. The molecule has 0 amide bonds. The maximum absolute atomic E-state index is 9.07. The van der Waals surface area contributed by atoms with Gasteiger partial charge in [0.15, 0.2) is 0 Å². The van der Waals surface area contributed by atoms with Gasteiger partial charge in [-0.05, 0) is 19.3 Å². The zero-order valence-corrected chi connectivity index (χ0v) is 6.03. The molecule has 3 rings (SSSR count). The number of aliphatic hydroxyl groups excluding tert-OH is 1. The number of rotatable bonds is 0. The number of halogens is 1. The van der Waals surface area contributed by atoms with Crippen molar-refractivity contribution in [3.8, 4) is 0 Å². The molecule has 2 heterocycles. The molecule has 0 spiro atoms. The second-order valence-corrected chi connectivity index (χ2v) is 2.92. The van der Waals surface area contributed by atoms with Crippen LogP contribution in [0.25, 0.3) is 0 Å². The van der Waals surface area contributed by atoms with Gasteiger partial charge in [-0.25, -0.2) is 0 Å². The third kappa shape index (κ3) is 1.20. The minimum atomic E-state index is -0.000000000000000444. The molecular weight excluding hydrogens is 138 g/mol. The molecule has 1 saturated carbocycles. The first-order chi connectivity index (χ1) is 3.84. The molecule has 3 aliphatic rings. The predicted molar refractivity (Wildman–Crippen MR) is 37.8 cm³/mol. The highest BCUT2D eigenvalue weighted by Crippen LogP contribution is 2.27. The van der Waals surface area contributed by atoms with Gasteiger partial charge < -0.3 is 10.4 Å². The molecule has 2 bridgehead atoms. The summed E-state index contributed by atoms with van der Waals surface area (Å²) in [6.07, 6.45) is 3.27. The number of hydrogen-bond acceptors (Lipinski definition) is 2. The first-order valence-corrected chi connectivity index (χ1v) is 3.29. The van der Waals surface area contributed by atoms with E-state index in [-0.39, 0.29) is 18.5 Å². The minimum absolute atomic E-state index is 0. The molecule has 0 aromatic heterocycles.